The van der Waals surface area contributed by atoms with Crippen molar-refractivity contribution in [2.45, 2.75) is 64.6 Å². The SMILES string of the molecule is CCCCCC#CCNC1CCN(CCn2c(=O)cc(C(N)=O)c3ccc(COC)cc32)CC1. The molecule has 0 radical (unpaired) electrons. The zero-order valence-electron chi connectivity index (χ0n) is 20.6. The number of carbonyl (C=O) groups is 1. The van der Waals surface area contributed by atoms with Crippen LogP contribution in [0, 0.1) is 11.8 Å². The number of ether oxygens (including phenoxy) is 1. The predicted octanol–water partition coefficient (Wildman–Crippen LogP) is 2.88. The van der Waals surface area contributed by atoms with Crippen molar-refractivity contribution in [1.29, 1.82) is 0 Å². The Morgan fingerprint density at radius 2 is 1.97 bits per heavy atom. The van der Waals surface area contributed by atoms with E-state index in [1.165, 1.54) is 25.3 Å². The van der Waals surface area contributed by atoms with E-state index in [1.807, 2.05) is 18.2 Å². The van der Waals surface area contributed by atoms with E-state index in [-0.39, 0.29) is 11.1 Å². The molecule has 3 rings (SSSR count). The van der Waals surface area contributed by atoms with Crippen molar-refractivity contribution in [3.8, 4) is 11.8 Å². The lowest BCUT2D eigenvalue weighted by Gasteiger charge is -2.32. The number of nitrogens with zero attached hydrogens (tertiary/aromatic N) is 2. The summed E-state index contributed by atoms with van der Waals surface area (Å²) in [7, 11) is 1.63. The molecule has 0 spiro atoms. The maximum atomic E-state index is 12.9. The molecule has 0 atom stereocenters. The highest BCUT2D eigenvalue weighted by Crippen LogP contribution is 2.20. The van der Waals surface area contributed by atoms with E-state index in [9.17, 15) is 9.59 Å². The number of hydrogen-bond donors (Lipinski definition) is 2. The molecule has 2 heterocycles. The van der Waals surface area contributed by atoms with Crippen LogP contribution in [0.15, 0.2) is 29.1 Å². The van der Waals surface area contributed by atoms with Gasteiger partial charge in [0.05, 0.1) is 24.2 Å². The molecule has 0 unspecified atom stereocenters. The summed E-state index contributed by atoms with van der Waals surface area (Å²) < 4.78 is 6.99. The third kappa shape index (κ3) is 7.17. The average molecular weight is 467 g/mol. The van der Waals surface area contributed by atoms with Gasteiger partial charge in [-0.1, -0.05) is 37.8 Å². The Balaban J connectivity index is 1.58. The van der Waals surface area contributed by atoms with Crippen LogP contribution in [-0.2, 0) is 17.9 Å². The topological polar surface area (TPSA) is 89.6 Å². The summed E-state index contributed by atoms with van der Waals surface area (Å²) in [5, 5.41) is 4.26. The van der Waals surface area contributed by atoms with E-state index in [1.54, 1.807) is 11.7 Å². The number of fused-ring (bicyclic) bond motifs is 1. The molecule has 0 bridgehead atoms. The van der Waals surface area contributed by atoms with Gasteiger partial charge in [0, 0.05) is 44.1 Å². The van der Waals surface area contributed by atoms with Crippen LogP contribution in [0.3, 0.4) is 0 Å². The molecule has 0 saturated carbocycles. The first-order chi connectivity index (χ1) is 16.5. The van der Waals surface area contributed by atoms with Crippen LogP contribution in [0.2, 0.25) is 0 Å². The van der Waals surface area contributed by atoms with Gasteiger partial charge in [-0.25, -0.2) is 0 Å². The van der Waals surface area contributed by atoms with Gasteiger partial charge in [0.1, 0.15) is 0 Å². The van der Waals surface area contributed by atoms with E-state index in [0.29, 0.717) is 24.6 Å². The number of nitrogens with one attached hydrogen (secondary N) is 1. The first kappa shape index (κ1) is 26.0. The van der Waals surface area contributed by atoms with Crippen molar-refractivity contribution in [2.75, 3.05) is 33.3 Å². The monoisotopic (exact) mass is 466 g/mol. The number of piperidine rings is 1. The largest absolute Gasteiger partial charge is 0.380 e. The Morgan fingerprint density at radius 1 is 1.18 bits per heavy atom. The number of primary amides is 1. The molecule has 1 amide bonds. The molecular formula is C27H38N4O3. The standard InChI is InChI=1S/C27H38N4O3/c1-3-4-5-6-7-8-13-29-22-11-14-30(15-12-22)16-17-31-25-18-21(20-34-2)9-10-23(25)24(27(28)33)19-26(31)32/h9-10,18-19,22,29H,3-6,11-17,20H2,1-2H3,(H2,28,33). The molecule has 7 nitrogen and oxygen atoms in total. The van der Waals surface area contributed by atoms with Gasteiger partial charge in [0.2, 0.25) is 5.91 Å². The molecule has 7 heteroatoms. The number of amides is 1. The number of hydrogen-bond acceptors (Lipinski definition) is 5. The number of aromatic nitrogens is 1. The Morgan fingerprint density at radius 3 is 2.68 bits per heavy atom. The number of carbonyl (C=O) groups excluding carboxylic acids is 1. The molecule has 3 N–H and O–H groups in total. The minimum atomic E-state index is -0.589. The van der Waals surface area contributed by atoms with Gasteiger partial charge in [-0.2, -0.15) is 0 Å². The van der Waals surface area contributed by atoms with Crippen molar-refractivity contribution < 1.29 is 9.53 Å². The number of benzene rings is 1. The zero-order chi connectivity index (χ0) is 24.3. The summed E-state index contributed by atoms with van der Waals surface area (Å²) in [6.45, 7) is 6.73. The number of methoxy groups -OCH3 is 1. The Labute approximate surface area is 202 Å². The van der Waals surface area contributed by atoms with Crippen molar-refractivity contribution >= 4 is 16.8 Å². The molecule has 0 aliphatic carbocycles. The van der Waals surface area contributed by atoms with E-state index in [4.69, 9.17) is 10.5 Å². The highest BCUT2D eigenvalue weighted by Gasteiger charge is 2.19. The van der Waals surface area contributed by atoms with Gasteiger partial charge < -0.3 is 25.3 Å². The van der Waals surface area contributed by atoms with Crippen molar-refractivity contribution in [3.05, 3.63) is 45.7 Å². The fourth-order valence-electron chi connectivity index (χ4n) is 4.53. The third-order valence-electron chi connectivity index (χ3n) is 6.49. The Bertz CT molecular complexity index is 1070. The Kier molecular flexibility index (Phi) is 10.1. The number of nitrogens with two attached hydrogens (primary N) is 1. The molecule has 1 aromatic carbocycles. The third-order valence-corrected chi connectivity index (χ3v) is 6.49. The molecular weight excluding hydrogens is 428 g/mol. The molecule has 184 valence electrons. The summed E-state index contributed by atoms with van der Waals surface area (Å²) in [6, 6.07) is 7.53. The second-order valence-corrected chi connectivity index (χ2v) is 9.00. The molecule has 1 fully saturated rings. The minimum Gasteiger partial charge on any atom is -0.380 e. The van der Waals surface area contributed by atoms with Gasteiger partial charge in [0.25, 0.3) is 5.56 Å². The summed E-state index contributed by atoms with van der Waals surface area (Å²) in [6.07, 6.45) is 6.83. The van der Waals surface area contributed by atoms with Crippen LogP contribution < -0.4 is 16.6 Å². The highest BCUT2D eigenvalue weighted by molar-refractivity contribution is 6.05. The highest BCUT2D eigenvalue weighted by atomic mass is 16.5. The van der Waals surface area contributed by atoms with Gasteiger partial charge in [0.15, 0.2) is 0 Å². The van der Waals surface area contributed by atoms with E-state index in [2.05, 4.69) is 29.0 Å². The van der Waals surface area contributed by atoms with Gasteiger partial charge >= 0.3 is 0 Å². The van der Waals surface area contributed by atoms with E-state index < -0.39 is 5.91 Å². The maximum Gasteiger partial charge on any atom is 0.251 e. The van der Waals surface area contributed by atoms with Crippen LogP contribution in [0.5, 0.6) is 0 Å². The summed E-state index contributed by atoms with van der Waals surface area (Å²) in [5.41, 5.74) is 7.27. The molecule has 1 saturated heterocycles. The minimum absolute atomic E-state index is 0.204. The van der Waals surface area contributed by atoms with Crippen molar-refractivity contribution in [2.24, 2.45) is 5.73 Å². The molecule has 2 aromatic rings. The average Bonchev–Trinajstić information content (AvgIpc) is 2.83. The van der Waals surface area contributed by atoms with Gasteiger partial charge in [-0.15, -0.1) is 5.92 Å². The summed E-state index contributed by atoms with van der Waals surface area (Å²) in [4.78, 5) is 27.2. The van der Waals surface area contributed by atoms with Crippen LogP contribution in [0.1, 0.15) is 61.4 Å². The lowest BCUT2D eigenvalue weighted by Crippen LogP contribution is -2.44. The van der Waals surface area contributed by atoms with E-state index in [0.717, 1.165) is 56.5 Å². The first-order valence-electron chi connectivity index (χ1n) is 12.4. The normalized spacial score (nSPS) is 14.8. The quantitative estimate of drug-likeness (QED) is 0.393. The van der Waals surface area contributed by atoms with Crippen molar-refractivity contribution in [1.82, 2.24) is 14.8 Å². The van der Waals surface area contributed by atoms with Crippen LogP contribution in [-0.4, -0.2) is 54.7 Å². The Hall–Kier alpha value is -2.66. The van der Waals surface area contributed by atoms with Crippen LogP contribution in [0.4, 0.5) is 0 Å². The first-order valence-corrected chi connectivity index (χ1v) is 12.4. The fourth-order valence-corrected chi connectivity index (χ4v) is 4.53. The smallest absolute Gasteiger partial charge is 0.251 e. The van der Waals surface area contributed by atoms with Crippen LogP contribution in [0.25, 0.3) is 10.9 Å². The van der Waals surface area contributed by atoms with Gasteiger partial charge in [-0.05, 0) is 44.0 Å². The van der Waals surface area contributed by atoms with Gasteiger partial charge in [-0.3, -0.25) is 9.59 Å². The van der Waals surface area contributed by atoms with E-state index >= 15 is 0 Å². The van der Waals surface area contributed by atoms with Crippen LogP contribution >= 0.6 is 0 Å². The molecule has 1 aliphatic rings. The summed E-state index contributed by atoms with van der Waals surface area (Å²) in [5.74, 6) is 5.91. The fraction of sp³-hybridized carbons (Fsp3) is 0.556. The molecule has 1 aliphatic heterocycles. The number of pyridine rings is 1. The number of rotatable bonds is 11. The second-order valence-electron chi connectivity index (χ2n) is 9.00. The molecule has 34 heavy (non-hydrogen) atoms. The number of unbranched alkanes of at least 4 members (excludes halogenated alkanes) is 3. The predicted molar refractivity (Wildman–Crippen MR) is 137 cm³/mol. The van der Waals surface area contributed by atoms with Crippen molar-refractivity contribution in [3.63, 3.8) is 0 Å². The maximum absolute atomic E-state index is 12.9. The lowest BCUT2D eigenvalue weighted by atomic mass is 10.0. The lowest BCUT2D eigenvalue weighted by molar-refractivity contribution is 0.100. The zero-order valence-corrected chi connectivity index (χ0v) is 20.6. The second kappa shape index (κ2) is 13.3. The summed E-state index contributed by atoms with van der Waals surface area (Å²) >= 11 is 0. The number of likely N-dealkylation sites (tertiary alicyclic amines) is 1. The molecule has 1 aromatic heterocycles.